The Morgan fingerprint density at radius 2 is 1.95 bits per heavy atom. The van der Waals surface area contributed by atoms with Gasteiger partial charge >= 0.3 is 0 Å². The molecule has 0 saturated heterocycles. The maximum atomic E-state index is 12.7. The molecule has 0 amide bonds. The third kappa shape index (κ3) is 2.18. The van der Waals surface area contributed by atoms with E-state index in [1.165, 1.54) is 5.56 Å². The Hall–Kier alpha value is -1.87. The average Bonchev–Trinajstić information content (AvgIpc) is 2.75. The molecular formula is C17H14BrNO. The number of fused-ring (bicyclic) bond motifs is 1. The first-order chi connectivity index (χ1) is 9.56. The topological polar surface area (TPSA) is 22.0 Å². The van der Waals surface area contributed by atoms with Crippen LogP contribution in [-0.4, -0.2) is 10.4 Å². The normalized spacial score (nSPS) is 10.9. The van der Waals surface area contributed by atoms with Crippen molar-refractivity contribution >= 4 is 32.6 Å². The number of hydrogen-bond acceptors (Lipinski definition) is 1. The Morgan fingerprint density at radius 3 is 2.70 bits per heavy atom. The van der Waals surface area contributed by atoms with Gasteiger partial charge in [-0.05, 0) is 30.7 Å². The van der Waals surface area contributed by atoms with Crippen LogP contribution < -0.4 is 0 Å². The van der Waals surface area contributed by atoms with E-state index in [1.54, 1.807) is 0 Å². The van der Waals surface area contributed by atoms with Gasteiger partial charge in [0.05, 0.1) is 0 Å². The number of carbonyl (C=O) groups excluding carboxylic acids is 1. The van der Waals surface area contributed by atoms with Gasteiger partial charge in [-0.25, -0.2) is 0 Å². The molecule has 0 radical (unpaired) electrons. The molecule has 20 heavy (non-hydrogen) atoms. The Labute approximate surface area is 126 Å². The van der Waals surface area contributed by atoms with E-state index in [0.29, 0.717) is 5.56 Å². The first-order valence-corrected chi connectivity index (χ1v) is 7.21. The van der Waals surface area contributed by atoms with Crippen molar-refractivity contribution in [3.8, 4) is 0 Å². The molecule has 0 aliphatic heterocycles. The molecule has 0 atom stereocenters. The van der Waals surface area contributed by atoms with E-state index in [0.717, 1.165) is 20.9 Å². The van der Waals surface area contributed by atoms with Crippen LogP contribution in [0.2, 0.25) is 0 Å². The van der Waals surface area contributed by atoms with Gasteiger partial charge in [0.2, 0.25) is 0 Å². The van der Waals surface area contributed by atoms with E-state index in [-0.39, 0.29) is 5.78 Å². The maximum absolute atomic E-state index is 12.7. The lowest BCUT2D eigenvalue weighted by atomic mass is 10.0. The van der Waals surface area contributed by atoms with Crippen molar-refractivity contribution in [3.05, 3.63) is 69.8 Å². The van der Waals surface area contributed by atoms with Gasteiger partial charge in [-0.2, -0.15) is 0 Å². The molecule has 3 rings (SSSR count). The van der Waals surface area contributed by atoms with Crippen molar-refractivity contribution in [1.82, 2.24) is 4.57 Å². The smallest absolute Gasteiger partial charge is 0.195 e. The molecule has 0 aliphatic rings. The number of halogens is 1. The predicted octanol–water partition coefficient (Wildman–Crippen LogP) is 4.48. The molecule has 0 spiro atoms. The minimum atomic E-state index is 0.0563. The summed E-state index contributed by atoms with van der Waals surface area (Å²) in [6, 6.07) is 13.7. The van der Waals surface area contributed by atoms with Gasteiger partial charge in [-0.15, -0.1) is 0 Å². The van der Waals surface area contributed by atoms with Gasteiger partial charge in [0.15, 0.2) is 5.78 Å². The molecule has 100 valence electrons. The summed E-state index contributed by atoms with van der Waals surface area (Å²) in [4.78, 5) is 12.7. The fraction of sp³-hybridized carbons (Fsp3) is 0.118. The van der Waals surface area contributed by atoms with Crippen LogP contribution in [0.4, 0.5) is 0 Å². The van der Waals surface area contributed by atoms with E-state index >= 15 is 0 Å². The van der Waals surface area contributed by atoms with Gasteiger partial charge < -0.3 is 4.57 Å². The highest BCUT2D eigenvalue weighted by Crippen LogP contribution is 2.25. The number of benzene rings is 2. The maximum Gasteiger partial charge on any atom is 0.195 e. The predicted molar refractivity (Wildman–Crippen MR) is 85.2 cm³/mol. The van der Waals surface area contributed by atoms with Crippen LogP contribution in [-0.2, 0) is 7.05 Å². The van der Waals surface area contributed by atoms with E-state index in [2.05, 4.69) is 28.9 Å². The molecule has 0 fully saturated rings. The molecule has 0 unspecified atom stereocenters. The molecule has 0 aliphatic carbocycles. The van der Waals surface area contributed by atoms with Crippen molar-refractivity contribution in [2.24, 2.45) is 7.05 Å². The zero-order chi connectivity index (χ0) is 14.3. The lowest BCUT2D eigenvalue weighted by Crippen LogP contribution is -2.00. The highest BCUT2D eigenvalue weighted by molar-refractivity contribution is 9.10. The van der Waals surface area contributed by atoms with E-state index in [1.807, 2.05) is 54.2 Å². The largest absolute Gasteiger partial charge is 0.350 e. The molecule has 3 aromatic rings. The molecule has 0 saturated carbocycles. The number of carbonyl (C=O) groups is 1. The van der Waals surface area contributed by atoms with Gasteiger partial charge in [0, 0.05) is 39.7 Å². The summed E-state index contributed by atoms with van der Waals surface area (Å²) in [7, 11) is 1.97. The lowest BCUT2D eigenvalue weighted by molar-refractivity contribution is 0.104. The summed E-state index contributed by atoms with van der Waals surface area (Å²) < 4.78 is 2.92. The standard InChI is InChI=1S/C17H14BrNO/c1-11-6-7-14-15(10-19(2)16(14)8-11)17(20)12-4-3-5-13(18)9-12/h3-10H,1-2H3. The average molecular weight is 328 g/mol. The van der Waals surface area contributed by atoms with Crippen molar-refractivity contribution in [2.45, 2.75) is 6.92 Å². The molecule has 2 nitrogen and oxygen atoms in total. The molecule has 3 heteroatoms. The van der Waals surface area contributed by atoms with E-state index in [4.69, 9.17) is 0 Å². The Morgan fingerprint density at radius 1 is 1.15 bits per heavy atom. The van der Waals surface area contributed by atoms with Crippen molar-refractivity contribution in [2.75, 3.05) is 0 Å². The molecule has 1 heterocycles. The third-order valence-corrected chi connectivity index (χ3v) is 3.97. The summed E-state index contributed by atoms with van der Waals surface area (Å²) in [6.45, 7) is 2.06. The second-order valence-electron chi connectivity index (χ2n) is 5.01. The summed E-state index contributed by atoms with van der Waals surface area (Å²) in [5.74, 6) is 0.0563. The van der Waals surface area contributed by atoms with E-state index < -0.39 is 0 Å². The van der Waals surface area contributed by atoms with Crippen LogP contribution in [0.5, 0.6) is 0 Å². The highest BCUT2D eigenvalue weighted by atomic mass is 79.9. The summed E-state index contributed by atoms with van der Waals surface area (Å²) in [5.41, 5.74) is 3.73. The third-order valence-electron chi connectivity index (χ3n) is 3.48. The zero-order valence-electron chi connectivity index (χ0n) is 11.4. The molecule has 0 bridgehead atoms. The second kappa shape index (κ2) is 4.91. The fourth-order valence-electron chi connectivity index (χ4n) is 2.46. The first-order valence-electron chi connectivity index (χ1n) is 6.42. The Bertz CT molecular complexity index is 817. The van der Waals surface area contributed by atoms with Crippen LogP contribution >= 0.6 is 15.9 Å². The van der Waals surface area contributed by atoms with Gasteiger partial charge in [-0.1, -0.05) is 40.2 Å². The molecular weight excluding hydrogens is 314 g/mol. The van der Waals surface area contributed by atoms with Crippen LogP contribution in [0, 0.1) is 6.92 Å². The summed E-state index contributed by atoms with van der Waals surface area (Å²) in [6.07, 6.45) is 1.91. The van der Waals surface area contributed by atoms with Crippen molar-refractivity contribution in [3.63, 3.8) is 0 Å². The number of hydrogen-bond donors (Lipinski definition) is 0. The van der Waals surface area contributed by atoms with Crippen molar-refractivity contribution < 1.29 is 4.79 Å². The first kappa shape index (κ1) is 13.1. The Kier molecular flexibility index (Phi) is 3.22. The zero-order valence-corrected chi connectivity index (χ0v) is 12.9. The van der Waals surface area contributed by atoms with Crippen LogP contribution in [0.25, 0.3) is 10.9 Å². The number of nitrogens with zero attached hydrogens (tertiary/aromatic N) is 1. The number of aromatic nitrogens is 1. The minimum absolute atomic E-state index is 0.0563. The van der Waals surface area contributed by atoms with Gasteiger partial charge in [0.25, 0.3) is 0 Å². The second-order valence-corrected chi connectivity index (χ2v) is 5.93. The highest BCUT2D eigenvalue weighted by Gasteiger charge is 2.15. The monoisotopic (exact) mass is 327 g/mol. The number of ketones is 1. The number of aryl methyl sites for hydroxylation is 2. The lowest BCUT2D eigenvalue weighted by Gasteiger charge is -2.01. The molecule has 0 N–H and O–H groups in total. The van der Waals surface area contributed by atoms with Crippen molar-refractivity contribution in [1.29, 1.82) is 0 Å². The molecule has 1 aromatic heterocycles. The van der Waals surface area contributed by atoms with Crippen LogP contribution in [0.1, 0.15) is 21.5 Å². The quantitative estimate of drug-likeness (QED) is 0.636. The molecule has 2 aromatic carbocycles. The summed E-state index contributed by atoms with van der Waals surface area (Å²) in [5, 5.41) is 1.00. The van der Waals surface area contributed by atoms with Gasteiger partial charge in [0.1, 0.15) is 0 Å². The van der Waals surface area contributed by atoms with Gasteiger partial charge in [-0.3, -0.25) is 4.79 Å². The van der Waals surface area contributed by atoms with Crippen LogP contribution in [0.15, 0.2) is 53.1 Å². The Balaban J connectivity index is 2.17. The number of rotatable bonds is 2. The van der Waals surface area contributed by atoms with E-state index in [9.17, 15) is 4.79 Å². The minimum Gasteiger partial charge on any atom is -0.350 e. The SMILES string of the molecule is Cc1ccc2c(C(=O)c3cccc(Br)c3)cn(C)c2c1. The van der Waals surface area contributed by atoms with Crippen LogP contribution in [0.3, 0.4) is 0 Å². The fourth-order valence-corrected chi connectivity index (χ4v) is 2.86. The summed E-state index contributed by atoms with van der Waals surface area (Å²) >= 11 is 3.41.